The second-order valence-corrected chi connectivity index (χ2v) is 10.8. The van der Waals surface area contributed by atoms with Gasteiger partial charge >= 0.3 is 0 Å². The summed E-state index contributed by atoms with van der Waals surface area (Å²) in [6.45, 7) is 8.95. The van der Waals surface area contributed by atoms with E-state index >= 15 is 0 Å². The number of ketones is 1. The first kappa shape index (κ1) is 28.0. The summed E-state index contributed by atoms with van der Waals surface area (Å²) in [7, 11) is 0. The second kappa shape index (κ2) is 11.2. The van der Waals surface area contributed by atoms with Gasteiger partial charge < -0.3 is 16.0 Å². The molecule has 12 nitrogen and oxygen atoms in total. The number of aryl methyl sites for hydroxylation is 1. The molecular formula is C28H28BrN9O3. The Morgan fingerprint density at radius 2 is 1.93 bits per heavy atom. The third kappa shape index (κ3) is 5.44. The van der Waals surface area contributed by atoms with Crippen LogP contribution in [0.15, 0.2) is 54.0 Å². The largest absolute Gasteiger partial charge is 0.368 e. The number of likely N-dealkylation sites (tertiary alicyclic amines) is 1. The van der Waals surface area contributed by atoms with Crippen LogP contribution in [0.5, 0.6) is 0 Å². The number of fused-ring (bicyclic) bond motifs is 1. The first-order valence-electron chi connectivity index (χ1n) is 12.9. The smallest absolute Gasteiger partial charge is 0.248 e. The van der Waals surface area contributed by atoms with Crippen molar-refractivity contribution < 1.29 is 14.4 Å². The van der Waals surface area contributed by atoms with Gasteiger partial charge in [-0.05, 0) is 52.9 Å². The minimum absolute atomic E-state index is 0.00253. The van der Waals surface area contributed by atoms with Gasteiger partial charge in [-0.3, -0.25) is 24.0 Å². The standard InChI is InChI=1S/C28H28BrN9O3/c1-5-20-15(3)8-21(27(41)35-26-14(2)6-7-23(29)34-26)38(20)24(40)13-37-22-12-31-19(17-10-32-28(30)33-11-17)9-18(22)25(36-37)16(4)39/h5-7,9-12,15,20-21H,1,8,13H2,2-4H3,(H2,30,32,33)(H,34,35,41)/t15-,20+,21-/m0/s1. The Labute approximate surface area is 244 Å². The van der Waals surface area contributed by atoms with Crippen LogP contribution in [0.25, 0.3) is 22.2 Å². The molecule has 1 fully saturated rings. The zero-order valence-corrected chi connectivity index (χ0v) is 24.3. The van der Waals surface area contributed by atoms with Gasteiger partial charge in [-0.15, -0.1) is 6.58 Å². The third-order valence-corrected chi connectivity index (χ3v) is 7.64. The second-order valence-electron chi connectivity index (χ2n) is 10.0. The van der Waals surface area contributed by atoms with Crippen molar-refractivity contribution in [2.24, 2.45) is 5.92 Å². The number of nitrogens with zero attached hydrogens (tertiary/aromatic N) is 7. The quantitative estimate of drug-likeness (QED) is 0.179. The zero-order valence-electron chi connectivity index (χ0n) is 22.7. The molecule has 3 atom stereocenters. The Morgan fingerprint density at radius 3 is 2.61 bits per heavy atom. The number of carbonyl (C=O) groups excluding carboxylic acids is 3. The van der Waals surface area contributed by atoms with Gasteiger partial charge in [-0.25, -0.2) is 15.0 Å². The van der Waals surface area contributed by atoms with Gasteiger partial charge in [0.15, 0.2) is 5.78 Å². The maximum atomic E-state index is 13.8. The van der Waals surface area contributed by atoms with Gasteiger partial charge in [0.1, 0.15) is 28.7 Å². The highest BCUT2D eigenvalue weighted by Crippen LogP contribution is 2.32. The van der Waals surface area contributed by atoms with Gasteiger partial charge in [0.25, 0.3) is 0 Å². The number of halogens is 1. The lowest BCUT2D eigenvalue weighted by Crippen LogP contribution is -2.48. The summed E-state index contributed by atoms with van der Waals surface area (Å²) >= 11 is 3.33. The van der Waals surface area contributed by atoms with E-state index in [4.69, 9.17) is 5.73 Å². The molecule has 1 aliphatic heterocycles. The molecule has 0 unspecified atom stereocenters. The molecule has 2 amide bonds. The zero-order chi connectivity index (χ0) is 29.4. The van der Waals surface area contributed by atoms with Gasteiger partial charge in [-0.1, -0.05) is 19.1 Å². The molecule has 0 aliphatic carbocycles. The summed E-state index contributed by atoms with van der Waals surface area (Å²) in [5.41, 5.74) is 8.23. The normalized spacial score (nSPS) is 18.4. The van der Waals surface area contributed by atoms with Crippen molar-refractivity contribution in [3.8, 4) is 11.3 Å². The molecule has 5 heterocycles. The van der Waals surface area contributed by atoms with Gasteiger partial charge in [0.05, 0.1) is 23.4 Å². The molecule has 41 heavy (non-hydrogen) atoms. The molecule has 1 aliphatic rings. The van der Waals surface area contributed by atoms with Crippen molar-refractivity contribution in [3.05, 3.63) is 65.3 Å². The van der Waals surface area contributed by atoms with E-state index in [1.165, 1.54) is 24.0 Å². The SMILES string of the molecule is C=C[C@@H]1[C@@H](C)C[C@@H](C(=O)Nc2nc(Br)ccc2C)N1C(=O)Cn1nc(C(C)=O)c2cc(-c3cnc(N)nc3)ncc21. The van der Waals surface area contributed by atoms with E-state index in [1.54, 1.807) is 29.3 Å². The molecule has 4 aromatic heterocycles. The predicted octanol–water partition coefficient (Wildman–Crippen LogP) is 3.57. The van der Waals surface area contributed by atoms with Crippen LogP contribution >= 0.6 is 15.9 Å². The van der Waals surface area contributed by atoms with Crippen molar-refractivity contribution in [1.29, 1.82) is 0 Å². The summed E-state index contributed by atoms with van der Waals surface area (Å²) in [6.07, 6.45) is 6.77. The lowest BCUT2D eigenvalue weighted by Gasteiger charge is -2.29. The number of rotatable bonds is 7. The summed E-state index contributed by atoms with van der Waals surface area (Å²) in [4.78, 5) is 58.2. The molecule has 0 saturated carbocycles. The van der Waals surface area contributed by atoms with E-state index in [-0.39, 0.29) is 47.7 Å². The van der Waals surface area contributed by atoms with Crippen LogP contribution in [-0.2, 0) is 16.1 Å². The Hall–Kier alpha value is -4.52. The average molecular weight is 618 g/mol. The number of carbonyl (C=O) groups is 3. The lowest BCUT2D eigenvalue weighted by molar-refractivity contribution is -0.138. The first-order chi connectivity index (χ1) is 19.6. The molecule has 0 radical (unpaired) electrons. The molecule has 0 spiro atoms. The third-order valence-electron chi connectivity index (χ3n) is 7.19. The fraction of sp³-hybridized carbons (Fsp3) is 0.286. The van der Waals surface area contributed by atoms with Gasteiger partial charge in [-0.2, -0.15) is 5.10 Å². The molecule has 0 bridgehead atoms. The molecule has 3 N–H and O–H groups in total. The van der Waals surface area contributed by atoms with Crippen LogP contribution in [0, 0.1) is 12.8 Å². The minimum Gasteiger partial charge on any atom is -0.368 e. The number of nitrogen functional groups attached to an aromatic ring is 1. The molecule has 4 aromatic rings. The molecule has 1 saturated heterocycles. The molecule has 13 heteroatoms. The number of amides is 2. The molecular weight excluding hydrogens is 590 g/mol. The van der Waals surface area contributed by atoms with Gasteiger partial charge in [0, 0.05) is 30.3 Å². The van der Waals surface area contributed by atoms with Gasteiger partial charge in [0.2, 0.25) is 17.8 Å². The predicted molar refractivity (Wildman–Crippen MR) is 157 cm³/mol. The number of Topliss-reactive ketones (excluding diaryl/α,β-unsaturated/α-hetero) is 1. The number of pyridine rings is 2. The fourth-order valence-corrected chi connectivity index (χ4v) is 5.44. The number of hydrogen-bond donors (Lipinski definition) is 2. The van der Waals surface area contributed by atoms with Crippen LogP contribution in [0.1, 0.15) is 36.3 Å². The summed E-state index contributed by atoms with van der Waals surface area (Å²) in [5.74, 6) is -0.389. The van der Waals surface area contributed by atoms with Crippen molar-refractivity contribution in [3.63, 3.8) is 0 Å². The highest BCUT2D eigenvalue weighted by Gasteiger charge is 2.44. The highest BCUT2D eigenvalue weighted by molar-refractivity contribution is 9.10. The lowest BCUT2D eigenvalue weighted by atomic mass is 10.0. The van der Waals surface area contributed by atoms with Crippen LogP contribution < -0.4 is 11.1 Å². The van der Waals surface area contributed by atoms with Crippen LogP contribution in [0.4, 0.5) is 11.8 Å². The number of nitrogens with one attached hydrogen (secondary N) is 1. The summed E-state index contributed by atoms with van der Waals surface area (Å²) in [6, 6.07) is 4.23. The average Bonchev–Trinajstić information content (AvgIpc) is 3.48. The van der Waals surface area contributed by atoms with Crippen LogP contribution in [0.2, 0.25) is 0 Å². The fourth-order valence-electron chi connectivity index (χ4n) is 5.13. The van der Waals surface area contributed by atoms with E-state index in [2.05, 4.69) is 52.9 Å². The van der Waals surface area contributed by atoms with E-state index in [9.17, 15) is 14.4 Å². The Bertz CT molecular complexity index is 1690. The number of nitrogens with two attached hydrogens (primary N) is 1. The highest BCUT2D eigenvalue weighted by atomic mass is 79.9. The molecule has 5 rings (SSSR count). The maximum absolute atomic E-state index is 13.8. The topological polar surface area (TPSA) is 162 Å². The minimum atomic E-state index is -0.745. The van der Waals surface area contributed by atoms with Crippen molar-refractivity contribution in [2.45, 2.75) is 45.8 Å². The van der Waals surface area contributed by atoms with Crippen molar-refractivity contribution in [1.82, 2.24) is 34.6 Å². The Kier molecular flexibility index (Phi) is 7.63. The Balaban J connectivity index is 1.46. The van der Waals surface area contributed by atoms with E-state index in [0.717, 1.165) is 5.56 Å². The van der Waals surface area contributed by atoms with Crippen molar-refractivity contribution >= 4 is 56.2 Å². The molecule has 210 valence electrons. The monoisotopic (exact) mass is 617 g/mol. The summed E-state index contributed by atoms with van der Waals surface area (Å²) in [5, 5.41) is 7.88. The van der Waals surface area contributed by atoms with E-state index in [0.29, 0.717) is 39.0 Å². The maximum Gasteiger partial charge on any atom is 0.248 e. The van der Waals surface area contributed by atoms with E-state index in [1.807, 2.05) is 19.9 Å². The number of anilines is 2. The Morgan fingerprint density at radius 1 is 1.20 bits per heavy atom. The van der Waals surface area contributed by atoms with Crippen molar-refractivity contribution in [2.75, 3.05) is 11.1 Å². The van der Waals surface area contributed by atoms with E-state index < -0.39 is 6.04 Å². The number of aromatic nitrogens is 6. The molecule has 0 aromatic carbocycles. The first-order valence-corrected chi connectivity index (χ1v) is 13.7. The van der Waals surface area contributed by atoms with Crippen LogP contribution in [-0.4, -0.2) is 64.3 Å². The number of hydrogen-bond acceptors (Lipinski definition) is 9. The van der Waals surface area contributed by atoms with Crippen LogP contribution in [0.3, 0.4) is 0 Å². The summed E-state index contributed by atoms with van der Waals surface area (Å²) < 4.78 is 2.03.